The van der Waals surface area contributed by atoms with Crippen molar-refractivity contribution in [2.75, 3.05) is 0 Å². The zero-order valence-corrected chi connectivity index (χ0v) is 10.5. The predicted molar refractivity (Wildman–Crippen MR) is 66.7 cm³/mol. The maximum atomic E-state index is 9.89. The summed E-state index contributed by atoms with van der Waals surface area (Å²) >= 11 is 1.59. The average Bonchev–Trinajstić information content (AvgIpc) is 2.99. The van der Waals surface area contributed by atoms with Crippen molar-refractivity contribution in [2.45, 2.75) is 32.0 Å². The van der Waals surface area contributed by atoms with Gasteiger partial charge in [0.05, 0.1) is 17.5 Å². The van der Waals surface area contributed by atoms with E-state index in [-0.39, 0.29) is 6.04 Å². The van der Waals surface area contributed by atoms with Crippen LogP contribution in [0.5, 0.6) is 0 Å². The summed E-state index contributed by atoms with van der Waals surface area (Å²) in [6, 6.07) is 3.78. The van der Waals surface area contributed by atoms with E-state index in [1.54, 1.807) is 29.7 Å². The molecule has 0 saturated carbocycles. The van der Waals surface area contributed by atoms with Crippen LogP contribution in [0.3, 0.4) is 0 Å². The Morgan fingerprint density at radius 3 is 3.12 bits per heavy atom. The Hall–Kier alpha value is -1.17. The molecule has 4 nitrogen and oxygen atoms in total. The summed E-state index contributed by atoms with van der Waals surface area (Å²) < 4.78 is 5.16. The van der Waals surface area contributed by atoms with Crippen LogP contribution in [0.15, 0.2) is 33.7 Å². The highest BCUT2D eigenvalue weighted by molar-refractivity contribution is 7.07. The molecule has 2 aromatic rings. The highest BCUT2D eigenvalue weighted by Crippen LogP contribution is 2.18. The summed E-state index contributed by atoms with van der Waals surface area (Å²) in [5, 5.41) is 15.2. The van der Waals surface area contributed by atoms with Gasteiger partial charge in [-0.25, -0.2) is 4.98 Å². The highest BCUT2D eigenvalue weighted by Gasteiger charge is 2.14. The van der Waals surface area contributed by atoms with E-state index in [1.165, 1.54) is 0 Å². The Morgan fingerprint density at radius 1 is 1.59 bits per heavy atom. The van der Waals surface area contributed by atoms with Crippen molar-refractivity contribution in [2.24, 2.45) is 0 Å². The van der Waals surface area contributed by atoms with Gasteiger partial charge in [-0.2, -0.15) is 0 Å². The molecule has 2 aromatic heterocycles. The number of thiazole rings is 1. The quantitative estimate of drug-likeness (QED) is 0.828. The third-order valence-corrected chi connectivity index (χ3v) is 3.20. The number of aliphatic hydroxyl groups excluding tert-OH is 1. The second kappa shape index (κ2) is 5.95. The van der Waals surface area contributed by atoms with Crippen LogP contribution in [0.2, 0.25) is 0 Å². The van der Waals surface area contributed by atoms with E-state index in [0.717, 1.165) is 12.2 Å². The molecule has 2 rings (SSSR count). The minimum atomic E-state index is -0.553. The van der Waals surface area contributed by atoms with E-state index in [0.29, 0.717) is 12.2 Å². The van der Waals surface area contributed by atoms with Gasteiger partial charge in [0.2, 0.25) is 0 Å². The smallest absolute Gasteiger partial charge is 0.132 e. The van der Waals surface area contributed by atoms with Gasteiger partial charge in [-0.1, -0.05) is 0 Å². The van der Waals surface area contributed by atoms with Crippen LogP contribution in [0.4, 0.5) is 0 Å². The first kappa shape index (κ1) is 12.3. The van der Waals surface area contributed by atoms with Gasteiger partial charge in [-0.3, -0.25) is 0 Å². The van der Waals surface area contributed by atoms with Gasteiger partial charge in [0.1, 0.15) is 11.9 Å². The normalized spacial score (nSPS) is 14.7. The first-order valence-corrected chi connectivity index (χ1v) is 6.52. The zero-order valence-electron chi connectivity index (χ0n) is 9.67. The van der Waals surface area contributed by atoms with Gasteiger partial charge in [0.25, 0.3) is 0 Å². The number of nitrogens with one attached hydrogen (secondary N) is 1. The summed E-state index contributed by atoms with van der Waals surface area (Å²) in [5.41, 5.74) is 2.86. The Bertz CT molecular complexity index is 414. The molecule has 0 aliphatic carbocycles. The minimum absolute atomic E-state index is 0.205. The van der Waals surface area contributed by atoms with E-state index < -0.39 is 6.10 Å². The SMILES string of the molecule is C[C@H](C[C@@H](O)c1ccco1)NCc1cscn1. The summed E-state index contributed by atoms with van der Waals surface area (Å²) in [6.45, 7) is 2.77. The summed E-state index contributed by atoms with van der Waals surface area (Å²) in [7, 11) is 0. The molecule has 0 aromatic carbocycles. The average molecular weight is 252 g/mol. The van der Waals surface area contributed by atoms with Crippen molar-refractivity contribution >= 4 is 11.3 Å². The molecule has 0 radical (unpaired) electrons. The molecule has 0 fully saturated rings. The molecular formula is C12H16N2O2S. The fourth-order valence-corrected chi connectivity index (χ4v) is 2.18. The Morgan fingerprint density at radius 2 is 2.47 bits per heavy atom. The summed E-state index contributed by atoms with van der Waals surface area (Å²) in [4.78, 5) is 4.19. The number of aliphatic hydroxyl groups is 1. The fourth-order valence-electron chi connectivity index (χ4n) is 1.62. The largest absolute Gasteiger partial charge is 0.467 e. The van der Waals surface area contributed by atoms with Crippen LogP contribution in [0.25, 0.3) is 0 Å². The monoisotopic (exact) mass is 252 g/mol. The molecule has 2 N–H and O–H groups in total. The first-order valence-electron chi connectivity index (χ1n) is 5.57. The maximum Gasteiger partial charge on any atom is 0.132 e. The second-order valence-corrected chi connectivity index (χ2v) is 4.75. The molecule has 92 valence electrons. The third-order valence-electron chi connectivity index (χ3n) is 2.56. The molecule has 0 saturated heterocycles. The van der Waals surface area contributed by atoms with Crippen molar-refractivity contribution in [3.05, 3.63) is 40.7 Å². The molecule has 5 heteroatoms. The van der Waals surface area contributed by atoms with Gasteiger partial charge < -0.3 is 14.8 Å². The molecule has 0 aliphatic rings. The molecular weight excluding hydrogens is 236 g/mol. The number of hydrogen-bond acceptors (Lipinski definition) is 5. The van der Waals surface area contributed by atoms with Crippen molar-refractivity contribution in [3.63, 3.8) is 0 Å². The standard InChI is InChI=1S/C12H16N2O2S/c1-9(13-6-10-7-17-8-14-10)5-11(15)12-3-2-4-16-12/h2-4,7-9,11,13,15H,5-6H2,1H3/t9-,11-/m1/s1. The fraction of sp³-hybridized carbons (Fsp3) is 0.417. The second-order valence-electron chi connectivity index (χ2n) is 4.03. The number of rotatable bonds is 6. The van der Waals surface area contributed by atoms with Crippen LogP contribution in [0, 0.1) is 0 Å². The Labute approximate surface area is 104 Å². The van der Waals surface area contributed by atoms with Crippen LogP contribution in [0.1, 0.15) is 30.9 Å². The number of furan rings is 1. The van der Waals surface area contributed by atoms with E-state index in [1.807, 2.05) is 17.8 Å². The summed E-state index contributed by atoms with van der Waals surface area (Å²) in [5.74, 6) is 0.618. The van der Waals surface area contributed by atoms with Crippen LogP contribution in [-0.2, 0) is 6.54 Å². The maximum absolute atomic E-state index is 9.89. The molecule has 2 atom stereocenters. The molecule has 0 bridgehead atoms. The molecule has 0 aliphatic heterocycles. The zero-order chi connectivity index (χ0) is 12.1. The van der Waals surface area contributed by atoms with Gasteiger partial charge in [0.15, 0.2) is 0 Å². The van der Waals surface area contributed by atoms with Gasteiger partial charge >= 0.3 is 0 Å². The van der Waals surface area contributed by atoms with Crippen molar-refractivity contribution in [3.8, 4) is 0 Å². The minimum Gasteiger partial charge on any atom is -0.467 e. The molecule has 0 spiro atoms. The topological polar surface area (TPSA) is 58.3 Å². The predicted octanol–water partition coefficient (Wildman–Crippen LogP) is 2.34. The number of nitrogens with zero attached hydrogens (tertiary/aromatic N) is 1. The Kier molecular flexibility index (Phi) is 4.30. The highest BCUT2D eigenvalue weighted by atomic mass is 32.1. The van der Waals surface area contributed by atoms with Gasteiger partial charge in [-0.15, -0.1) is 11.3 Å². The van der Waals surface area contributed by atoms with Crippen molar-refractivity contribution in [1.82, 2.24) is 10.3 Å². The van der Waals surface area contributed by atoms with Gasteiger partial charge in [0, 0.05) is 18.0 Å². The van der Waals surface area contributed by atoms with Crippen molar-refractivity contribution < 1.29 is 9.52 Å². The third kappa shape index (κ3) is 3.66. The number of hydrogen-bond donors (Lipinski definition) is 2. The lowest BCUT2D eigenvalue weighted by Crippen LogP contribution is -2.27. The lowest BCUT2D eigenvalue weighted by molar-refractivity contribution is 0.128. The first-order chi connectivity index (χ1) is 8.25. The Balaban J connectivity index is 1.75. The lowest BCUT2D eigenvalue weighted by atomic mass is 10.1. The molecule has 2 heterocycles. The molecule has 17 heavy (non-hydrogen) atoms. The van der Waals surface area contributed by atoms with Gasteiger partial charge in [-0.05, 0) is 25.5 Å². The molecule has 0 amide bonds. The van der Waals surface area contributed by atoms with Crippen LogP contribution >= 0.6 is 11.3 Å². The van der Waals surface area contributed by atoms with Crippen molar-refractivity contribution in [1.29, 1.82) is 0 Å². The van der Waals surface area contributed by atoms with E-state index in [4.69, 9.17) is 4.42 Å². The van der Waals surface area contributed by atoms with E-state index in [2.05, 4.69) is 10.3 Å². The van der Waals surface area contributed by atoms with Crippen LogP contribution in [-0.4, -0.2) is 16.1 Å². The lowest BCUT2D eigenvalue weighted by Gasteiger charge is -2.15. The number of aromatic nitrogens is 1. The summed E-state index contributed by atoms with van der Waals surface area (Å²) in [6.07, 6.45) is 1.65. The molecule has 0 unspecified atom stereocenters. The van der Waals surface area contributed by atoms with Crippen LogP contribution < -0.4 is 5.32 Å². The van der Waals surface area contributed by atoms with E-state index in [9.17, 15) is 5.11 Å². The van der Waals surface area contributed by atoms with E-state index >= 15 is 0 Å².